The Labute approximate surface area is 150 Å². The van der Waals surface area contributed by atoms with Crippen LogP contribution in [0.25, 0.3) is 10.8 Å². The Hall–Kier alpha value is -0.640. The Morgan fingerprint density at radius 3 is 2.14 bits per heavy atom. The molecule has 0 spiro atoms. The van der Waals surface area contributed by atoms with E-state index in [9.17, 15) is 0 Å². The maximum atomic E-state index is 3.87. The monoisotopic (exact) mass is 466 g/mol. The van der Waals surface area contributed by atoms with E-state index in [-0.39, 0.29) is 4.83 Å². The van der Waals surface area contributed by atoms with Crippen molar-refractivity contribution in [2.75, 3.05) is 0 Å². The van der Waals surface area contributed by atoms with Crippen molar-refractivity contribution in [2.45, 2.75) is 11.8 Å². The first kappa shape index (κ1) is 15.3. The smallest absolute Gasteiger partial charge is 0.0661 e. The number of fused-ring (bicyclic) bond motifs is 1. The van der Waals surface area contributed by atoms with Crippen LogP contribution in [0.2, 0.25) is 0 Å². The van der Waals surface area contributed by atoms with Crippen molar-refractivity contribution < 1.29 is 0 Å². The fourth-order valence-electron chi connectivity index (χ4n) is 2.51. The molecule has 0 aromatic heterocycles. The highest BCUT2D eigenvalue weighted by molar-refractivity contribution is 9.11. The van der Waals surface area contributed by atoms with E-state index in [1.807, 2.05) is 0 Å². The molecule has 1 atom stereocenters. The molecule has 0 aliphatic carbocycles. The topological polar surface area (TPSA) is 0 Å². The van der Waals surface area contributed by atoms with Crippen LogP contribution in [-0.2, 0) is 0 Å². The molecule has 0 radical (unpaired) electrons. The minimum atomic E-state index is 0.158. The summed E-state index contributed by atoms with van der Waals surface area (Å²) >= 11 is 11.2. The maximum Gasteiger partial charge on any atom is 0.0661 e. The second-order valence-corrected chi connectivity index (χ2v) is 7.69. The van der Waals surface area contributed by atoms with E-state index in [4.69, 9.17) is 0 Å². The summed E-state index contributed by atoms with van der Waals surface area (Å²) in [6.07, 6.45) is 0. The van der Waals surface area contributed by atoms with Gasteiger partial charge in [0.1, 0.15) is 0 Å². The molecule has 106 valence electrons. The van der Waals surface area contributed by atoms with Crippen molar-refractivity contribution in [1.82, 2.24) is 0 Å². The van der Waals surface area contributed by atoms with Gasteiger partial charge in [-0.1, -0.05) is 90.3 Å². The minimum Gasteiger partial charge on any atom is -0.0786 e. The van der Waals surface area contributed by atoms with Gasteiger partial charge >= 0.3 is 0 Å². The molecular weight excluding hydrogens is 456 g/mol. The van der Waals surface area contributed by atoms with Crippen molar-refractivity contribution in [3.63, 3.8) is 0 Å². The zero-order valence-corrected chi connectivity index (χ0v) is 16.2. The van der Waals surface area contributed by atoms with Crippen molar-refractivity contribution in [2.24, 2.45) is 0 Å². The number of rotatable bonds is 2. The van der Waals surface area contributed by atoms with Gasteiger partial charge in [-0.25, -0.2) is 0 Å². The molecule has 0 aliphatic heterocycles. The number of alkyl halides is 1. The van der Waals surface area contributed by atoms with E-state index < -0.39 is 0 Å². The van der Waals surface area contributed by atoms with Gasteiger partial charge in [0, 0.05) is 8.95 Å². The van der Waals surface area contributed by atoms with Gasteiger partial charge in [0.25, 0.3) is 0 Å². The largest absolute Gasteiger partial charge is 0.0786 e. The predicted molar refractivity (Wildman–Crippen MR) is 101 cm³/mol. The molecule has 3 aromatic rings. The maximum absolute atomic E-state index is 3.87. The van der Waals surface area contributed by atoms with Crippen LogP contribution in [0, 0.1) is 6.92 Å². The summed E-state index contributed by atoms with van der Waals surface area (Å²) in [6.45, 7) is 2.10. The third kappa shape index (κ3) is 2.96. The van der Waals surface area contributed by atoms with Gasteiger partial charge < -0.3 is 0 Å². The number of benzene rings is 3. The summed E-state index contributed by atoms with van der Waals surface area (Å²) in [7, 11) is 0. The molecule has 0 aliphatic rings. The summed E-state index contributed by atoms with van der Waals surface area (Å²) in [5, 5.41) is 2.50. The van der Waals surface area contributed by atoms with Crippen LogP contribution in [-0.4, -0.2) is 0 Å². The molecule has 0 saturated carbocycles. The molecule has 0 N–H and O–H groups in total. The summed E-state index contributed by atoms with van der Waals surface area (Å²) in [5.74, 6) is 0. The Balaban J connectivity index is 2.18. The molecule has 3 aromatic carbocycles. The Bertz CT molecular complexity index is 809. The van der Waals surface area contributed by atoms with E-state index in [0.717, 1.165) is 8.95 Å². The zero-order valence-electron chi connectivity index (χ0n) is 11.4. The lowest BCUT2D eigenvalue weighted by Crippen LogP contribution is -1.96. The number of halogens is 3. The lowest BCUT2D eigenvalue weighted by atomic mass is 9.98. The molecule has 1 unspecified atom stereocenters. The molecular formula is C18H13Br3. The predicted octanol–water partition coefficient (Wildman–Crippen LogP) is 7.16. The van der Waals surface area contributed by atoms with Crippen molar-refractivity contribution in [3.8, 4) is 0 Å². The van der Waals surface area contributed by atoms with Crippen molar-refractivity contribution in [1.29, 1.82) is 0 Å². The molecule has 0 bridgehead atoms. The van der Waals surface area contributed by atoms with Crippen LogP contribution < -0.4 is 0 Å². The second kappa shape index (κ2) is 6.23. The van der Waals surface area contributed by atoms with E-state index in [0.29, 0.717) is 0 Å². The fourth-order valence-corrected chi connectivity index (χ4v) is 4.82. The Kier molecular flexibility index (Phi) is 4.53. The van der Waals surface area contributed by atoms with Gasteiger partial charge in [0.2, 0.25) is 0 Å². The summed E-state index contributed by atoms with van der Waals surface area (Å²) in [5.41, 5.74) is 3.78. The average Bonchev–Trinajstić information content (AvgIpc) is 2.47. The van der Waals surface area contributed by atoms with Gasteiger partial charge in [-0.05, 0) is 46.5 Å². The van der Waals surface area contributed by atoms with Crippen LogP contribution in [0.15, 0.2) is 63.5 Å². The van der Waals surface area contributed by atoms with Crippen LogP contribution in [0.3, 0.4) is 0 Å². The van der Waals surface area contributed by atoms with Crippen LogP contribution in [0.5, 0.6) is 0 Å². The first-order valence-electron chi connectivity index (χ1n) is 6.65. The standard InChI is InChI=1S/C18H13Br3/c1-11-6-7-15(17(20)10-11)18(21)14-8-9-16(19)13-5-3-2-4-12(13)14/h2-10,18H,1H3. The highest BCUT2D eigenvalue weighted by atomic mass is 79.9. The van der Waals surface area contributed by atoms with E-state index in [1.165, 1.54) is 27.5 Å². The lowest BCUT2D eigenvalue weighted by Gasteiger charge is -2.16. The normalized spacial score (nSPS) is 12.6. The Morgan fingerprint density at radius 2 is 1.43 bits per heavy atom. The van der Waals surface area contributed by atoms with Crippen LogP contribution in [0.4, 0.5) is 0 Å². The number of hydrogen-bond acceptors (Lipinski definition) is 0. The number of hydrogen-bond donors (Lipinski definition) is 0. The minimum absolute atomic E-state index is 0.158. The molecule has 0 nitrogen and oxygen atoms in total. The Morgan fingerprint density at radius 1 is 0.762 bits per heavy atom. The molecule has 3 heteroatoms. The van der Waals surface area contributed by atoms with E-state index >= 15 is 0 Å². The highest BCUT2D eigenvalue weighted by Gasteiger charge is 2.16. The summed E-state index contributed by atoms with van der Waals surface area (Å²) < 4.78 is 2.26. The molecule has 0 heterocycles. The third-order valence-corrected chi connectivity index (χ3v) is 5.97. The summed E-state index contributed by atoms with van der Waals surface area (Å²) in [4.78, 5) is 0.158. The summed E-state index contributed by atoms with van der Waals surface area (Å²) in [6, 6.07) is 19.3. The van der Waals surface area contributed by atoms with Gasteiger partial charge in [-0.2, -0.15) is 0 Å². The average molecular weight is 469 g/mol. The first-order chi connectivity index (χ1) is 10.1. The lowest BCUT2D eigenvalue weighted by molar-refractivity contribution is 1.17. The van der Waals surface area contributed by atoms with E-state index in [2.05, 4.69) is 109 Å². The highest BCUT2D eigenvalue weighted by Crippen LogP contribution is 2.40. The third-order valence-electron chi connectivity index (χ3n) is 3.61. The van der Waals surface area contributed by atoms with Gasteiger partial charge in [-0.15, -0.1) is 0 Å². The number of aryl methyl sites for hydroxylation is 1. The molecule has 0 saturated heterocycles. The van der Waals surface area contributed by atoms with Crippen LogP contribution >= 0.6 is 47.8 Å². The van der Waals surface area contributed by atoms with Crippen molar-refractivity contribution >= 4 is 58.6 Å². The van der Waals surface area contributed by atoms with Gasteiger partial charge in [-0.3, -0.25) is 0 Å². The quantitative estimate of drug-likeness (QED) is 0.350. The zero-order chi connectivity index (χ0) is 15.0. The van der Waals surface area contributed by atoms with Crippen LogP contribution in [0.1, 0.15) is 21.5 Å². The van der Waals surface area contributed by atoms with Gasteiger partial charge in [0.05, 0.1) is 4.83 Å². The fraction of sp³-hybridized carbons (Fsp3) is 0.111. The SMILES string of the molecule is Cc1ccc(C(Br)c2ccc(Br)c3ccccc23)c(Br)c1. The van der Waals surface area contributed by atoms with Crippen molar-refractivity contribution in [3.05, 3.63) is 80.2 Å². The molecule has 3 rings (SSSR count). The molecule has 0 fully saturated rings. The molecule has 0 amide bonds. The van der Waals surface area contributed by atoms with E-state index in [1.54, 1.807) is 0 Å². The molecule has 21 heavy (non-hydrogen) atoms. The first-order valence-corrected chi connectivity index (χ1v) is 9.15. The second-order valence-electron chi connectivity index (χ2n) is 5.07. The van der Waals surface area contributed by atoms with Gasteiger partial charge in [0.15, 0.2) is 0 Å².